The standard InChI is InChI=1S/C14H20Br2O2/c1-14(2,3)8-10(15)9-6-7-11(17-4)12(16)13(9)18-5/h6-7,10H,8H2,1-5H3. The molecule has 102 valence electrons. The third kappa shape index (κ3) is 3.89. The van der Waals surface area contributed by atoms with Gasteiger partial charge in [0, 0.05) is 10.4 Å². The first-order valence-corrected chi connectivity index (χ1v) is 7.55. The topological polar surface area (TPSA) is 18.5 Å². The van der Waals surface area contributed by atoms with E-state index < -0.39 is 0 Å². The van der Waals surface area contributed by atoms with E-state index in [2.05, 4.69) is 52.6 Å². The normalized spacial score (nSPS) is 13.3. The summed E-state index contributed by atoms with van der Waals surface area (Å²) in [4.78, 5) is 0.259. The van der Waals surface area contributed by atoms with E-state index in [1.54, 1.807) is 14.2 Å². The van der Waals surface area contributed by atoms with Crippen LogP contribution in [0.15, 0.2) is 16.6 Å². The molecule has 1 rings (SSSR count). The molecule has 0 amide bonds. The lowest BCUT2D eigenvalue weighted by molar-refractivity contribution is 0.363. The second kappa shape index (κ2) is 6.29. The van der Waals surface area contributed by atoms with Crippen molar-refractivity contribution in [3.63, 3.8) is 0 Å². The van der Waals surface area contributed by atoms with Gasteiger partial charge in [-0.3, -0.25) is 0 Å². The SMILES string of the molecule is COc1ccc(C(Br)CC(C)(C)C)c(OC)c1Br. The summed E-state index contributed by atoms with van der Waals surface area (Å²) in [5, 5.41) is 0. The molecule has 1 aromatic carbocycles. The molecule has 0 aliphatic rings. The van der Waals surface area contributed by atoms with Crippen molar-refractivity contribution in [1.82, 2.24) is 0 Å². The predicted octanol–water partition coefficient (Wildman–Crippen LogP) is 5.34. The molecule has 0 N–H and O–H groups in total. The van der Waals surface area contributed by atoms with Crippen LogP contribution in [0.5, 0.6) is 11.5 Å². The minimum atomic E-state index is 0.256. The third-order valence-electron chi connectivity index (χ3n) is 2.65. The van der Waals surface area contributed by atoms with Gasteiger partial charge in [0.15, 0.2) is 0 Å². The number of benzene rings is 1. The molecule has 0 spiro atoms. The quantitative estimate of drug-likeness (QED) is 0.657. The van der Waals surface area contributed by atoms with Crippen LogP contribution < -0.4 is 9.47 Å². The molecule has 0 bridgehead atoms. The Hall–Kier alpha value is -0.220. The molecule has 4 heteroatoms. The average molecular weight is 380 g/mol. The molecular weight excluding hydrogens is 360 g/mol. The highest BCUT2D eigenvalue weighted by Gasteiger charge is 2.23. The van der Waals surface area contributed by atoms with E-state index in [-0.39, 0.29) is 10.2 Å². The predicted molar refractivity (Wildman–Crippen MR) is 83.0 cm³/mol. The molecular formula is C14H20Br2O2. The van der Waals surface area contributed by atoms with Crippen molar-refractivity contribution in [1.29, 1.82) is 0 Å². The minimum absolute atomic E-state index is 0.256. The first-order chi connectivity index (χ1) is 8.30. The van der Waals surface area contributed by atoms with Crippen molar-refractivity contribution < 1.29 is 9.47 Å². The summed E-state index contributed by atoms with van der Waals surface area (Å²) in [6.07, 6.45) is 1.03. The fraction of sp³-hybridized carbons (Fsp3) is 0.571. The number of hydrogen-bond acceptors (Lipinski definition) is 2. The molecule has 0 fully saturated rings. The molecule has 0 aliphatic heterocycles. The van der Waals surface area contributed by atoms with Crippen LogP contribution in [0, 0.1) is 5.41 Å². The molecule has 0 saturated carbocycles. The Morgan fingerprint density at radius 2 is 1.78 bits per heavy atom. The fourth-order valence-corrected chi connectivity index (χ4v) is 3.83. The van der Waals surface area contributed by atoms with Gasteiger partial charge in [-0.05, 0) is 33.8 Å². The van der Waals surface area contributed by atoms with Crippen LogP contribution in [0.3, 0.4) is 0 Å². The molecule has 1 aromatic rings. The molecule has 18 heavy (non-hydrogen) atoms. The first kappa shape index (κ1) is 15.8. The number of halogens is 2. The summed E-state index contributed by atoms with van der Waals surface area (Å²) in [6, 6.07) is 4.01. The van der Waals surface area contributed by atoms with E-state index in [9.17, 15) is 0 Å². The highest BCUT2D eigenvalue weighted by Crippen LogP contribution is 2.45. The molecule has 0 aliphatic carbocycles. The number of methoxy groups -OCH3 is 2. The van der Waals surface area contributed by atoms with Crippen LogP contribution in [-0.4, -0.2) is 14.2 Å². The lowest BCUT2D eigenvalue weighted by Gasteiger charge is -2.24. The number of hydrogen-bond donors (Lipinski definition) is 0. The molecule has 2 nitrogen and oxygen atoms in total. The van der Waals surface area contributed by atoms with E-state index >= 15 is 0 Å². The zero-order chi connectivity index (χ0) is 13.9. The molecule has 0 heterocycles. The second-order valence-electron chi connectivity index (χ2n) is 5.44. The highest BCUT2D eigenvalue weighted by molar-refractivity contribution is 9.10. The summed E-state index contributed by atoms with van der Waals surface area (Å²) in [5.41, 5.74) is 1.39. The van der Waals surface area contributed by atoms with Crippen molar-refractivity contribution >= 4 is 31.9 Å². The largest absolute Gasteiger partial charge is 0.495 e. The Balaban J connectivity index is 3.13. The lowest BCUT2D eigenvalue weighted by atomic mass is 9.88. The summed E-state index contributed by atoms with van der Waals surface area (Å²) in [7, 11) is 3.33. The second-order valence-corrected chi connectivity index (χ2v) is 7.33. The summed E-state index contributed by atoms with van der Waals surface area (Å²) < 4.78 is 11.6. The molecule has 0 aromatic heterocycles. The Bertz CT molecular complexity index is 411. The monoisotopic (exact) mass is 378 g/mol. The Kier molecular flexibility index (Phi) is 5.53. The maximum atomic E-state index is 5.50. The maximum absolute atomic E-state index is 5.50. The summed E-state index contributed by atoms with van der Waals surface area (Å²) in [5.74, 6) is 1.62. The van der Waals surface area contributed by atoms with E-state index in [1.807, 2.05) is 12.1 Å². The van der Waals surface area contributed by atoms with Crippen molar-refractivity contribution in [2.24, 2.45) is 5.41 Å². The number of ether oxygens (including phenoxy) is 2. The van der Waals surface area contributed by atoms with Gasteiger partial charge in [0.2, 0.25) is 0 Å². The fourth-order valence-electron chi connectivity index (χ4n) is 1.81. The summed E-state index contributed by atoms with van der Waals surface area (Å²) in [6.45, 7) is 6.69. The van der Waals surface area contributed by atoms with E-state index in [1.165, 1.54) is 0 Å². The van der Waals surface area contributed by atoms with E-state index in [0.717, 1.165) is 28.0 Å². The van der Waals surface area contributed by atoms with E-state index in [0.29, 0.717) is 0 Å². The number of alkyl halides is 1. The van der Waals surface area contributed by atoms with Gasteiger partial charge < -0.3 is 9.47 Å². The van der Waals surface area contributed by atoms with Crippen LogP contribution in [0.25, 0.3) is 0 Å². The van der Waals surface area contributed by atoms with Gasteiger partial charge in [-0.2, -0.15) is 0 Å². The highest BCUT2D eigenvalue weighted by atomic mass is 79.9. The van der Waals surface area contributed by atoms with Crippen LogP contribution >= 0.6 is 31.9 Å². The Morgan fingerprint density at radius 3 is 2.22 bits per heavy atom. The molecule has 0 saturated heterocycles. The molecule has 0 radical (unpaired) electrons. The zero-order valence-corrected chi connectivity index (χ0v) is 14.7. The van der Waals surface area contributed by atoms with Crippen molar-refractivity contribution in [3.8, 4) is 11.5 Å². The Labute approximate surface area is 126 Å². The van der Waals surface area contributed by atoms with Gasteiger partial charge in [0.05, 0.1) is 14.2 Å². The van der Waals surface area contributed by atoms with Crippen LogP contribution in [0.4, 0.5) is 0 Å². The molecule has 1 atom stereocenters. The average Bonchev–Trinajstić information content (AvgIpc) is 2.26. The van der Waals surface area contributed by atoms with Crippen LogP contribution in [0.1, 0.15) is 37.6 Å². The Morgan fingerprint density at radius 1 is 1.17 bits per heavy atom. The van der Waals surface area contributed by atoms with Crippen molar-refractivity contribution in [2.75, 3.05) is 14.2 Å². The van der Waals surface area contributed by atoms with Gasteiger partial charge in [-0.15, -0.1) is 0 Å². The number of rotatable bonds is 4. The van der Waals surface area contributed by atoms with Crippen molar-refractivity contribution in [3.05, 3.63) is 22.2 Å². The minimum Gasteiger partial charge on any atom is -0.495 e. The third-order valence-corrected chi connectivity index (χ3v) is 4.21. The van der Waals surface area contributed by atoms with Crippen LogP contribution in [0.2, 0.25) is 0 Å². The van der Waals surface area contributed by atoms with Crippen molar-refractivity contribution in [2.45, 2.75) is 32.0 Å². The van der Waals surface area contributed by atoms with Gasteiger partial charge in [0.1, 0.15) is 16.0 Å². The van der Waals surface area contributed by atoms with Gasteiger partial charge in [-0.1, -0.05) is 42.8 Å². The smallest absolute Gasteiger partial charge is 0.141 e. The van der Waals surface area contributed by atoms with Crippen LogP contribution in [-0.2, 0) is 0 Å². The first-order valence-electron chi connectivity index (χ1n) is 5.84. The summed E-state index contributed by atoms with van der Waals surface area (Å²) >= 11 is 7.28. The van der Waals surface area contributed by atoms with Gasteiger partial charge in [-0.25, -0.2) is 0 Å². The zero-order valence-electron chi connectivity index (χ0n) is 11.5. The molecule has 1 unspecified atom stereocenters. The van der Waals surface area contributed by atoms with Gasteiger partial charge in [0.25, 0.3) is 0 Å². The van der Waals surface area contributed by atoms with Gasteiger partial charge >= 0.3 is 0 Å². The maximum Gasteiger partial charge on any atom is 0.141 e. The lowest BCUT2D eigenvalue weighted by Crippen LogP contribution is -2.09. The van der Waals surface area contributed by atoms with E-state index in [4.69, 9.17) is 9.47 Å².